The molecule has 1 aromatic carbocycles. The number of aromatic nitrogens is 3. The van der Waals surface area contributed by atoms with Gasteiger partial charge in [0.1, 0.15) is 21.7 Å². The molecule has 0 radical (unpaired) electrons. The number of fused-ring (bicyclic) bond motifs is 1. The first kappa shape index (κ1) is 17.4. The molecule has 10 heteroatoms. The van der Waals surface area contributed by atoms with E-state index < -0.39 is 10.0 Å². The Hall–Kier alpha value is -2.01. The van der Waals surface area contributed by atoms with Gasteiger partial charge in [0.25, 0.3) is 0 Å². The van der Waals surface area contributed by atoms with E-state index in [1.165, 1.54) is 16.6 Å². The highest BCUT2D eigenvalue weighted by molar-refractivity contribution is 7.89. The summed E-state index contributed by atoms with van der Waals surface area (Å²) in [6, 6.07) is 8.05. The van der Waals surface area contributed by atoms with Crippen molar-refractivity contribution in [3.8, 4) is 0 Å². The van der Waals surface area contributed by atoms with Gasteiger partial charge in [-0.05, 0) is 24.3 Å². The van der Waals surface area contributed by atoms with Crippen LogP contribution >= 0.6 is 11.7 Å². The molecule has 0 unspecified atom stereocenters. The molecule has 0 N–H and O–H groups in total. The fraction of sp³-hybridized carbons (Fsp3) is 0.312. The first-order chi connectivity index (χ1) is 12.5. The van der Waals surface area contributed by atoms with E-state index in [1.807, 2.05) is 0 Å². The van der Waals surface area contributed by atoms with Gasteiger partial charge < -0.3 is 0 Å². The Bertz CT molecular complexity index is 1010. The molecule has 1 aliphatic rings. The predicted molar refractivity (Wildman–Crippen MR) is 95.6 cm³/mol. The largest absolute Gasteiger partial charge is 0.295 e. The van der Waals surface area contributed by atoms with Crippen LogP contribution in [0.4, 0.5) is 4.39 Å². The Labute approximate surface area is 154 Å². The van der Waals surface area contributed by atoms with Crippen LogP contribution < -0.4 is 0 Å². The van der Waals surface area contributed by atoms with Crippen molar-refractivity contribution >= 4 is 32.8 Å². The maximum absolute atomic E-state index is 13.0. The summed E-state index contributed by atoms with van der Waals surface area (Å²) in [5.74, 6) is -0.365. The number of piperazine rings is 1. The van der Waals surface area contributed by atoms with Crippen molar-refractivity contribution in [2.24, 2.45) is 0 Å². The van der Waals surface area contributed by atoms with Gasteiger partial charge in [-0.25, -0.2) is 12.8 Å². The van der Waals surface area contributed by atoms with Gasteiger partial charge in [0.15, 0.2) is 0 Å². The molecule has 136 valence electrons. The number of benzene rings is 1. The quantitative estimate of drug-likeness (QED) is 0.672. The third-order valence-electron chi connectivity index (χ3n) is 4.37. The molecular formula is C16H16FN5O2S2. The zero-order valence-corrected chi connectivity index (χ0v) is 15.4. The van der Waals surface area contributed by atoms with E-state index in [2.05, 4.69) is 18.6 Å². The Morgan fingerprint density at radius 3 is 2.62 bits per heavy atom. The van der Waals surface area contributed by atoms with Crippen LogP contribution in [0, 0.1) is 5.82 Å². The van der Waals surface area contributed by atoms with Gasteiger partial charge in [-0.2, -0.15) is 13.1 Å². The summed E-state index contributed by atoms with van der Waals surface area (Å²) >= 11 is 1.01. The van der Waals surface area contributed by atoms with Crippen molar-refractivity contribution in [3.63, 3.8) is 0 Å². The Morgan fingerprint density at radius 1 is 1.08 bits per heavy atom. The maximum Gasteiger partial charge on any atom is 0.245 e. The summed E-state index contributed by atoms with van der Waals surface area (Å²) in [6.07, 6.45) is 1.19. The zero-order chi connectivity index (χ0) is 18.1. The van der Waals surface area contributed by atoms with E-state index in [0.29, 0.717) is 43.8 Å². The summed E-state index contributed by atoms with van der Waals surface area (Å²) < 4.78 is 48.6. The van der Waals surface area contributed by atoms with E-state index in [4.69, 9.17) is 0 Å². The van der Waals surface area contributed by atoms with Crippen molar-refractivity contribution in [3.05, 3.63) is 48.0 Å². The van der Waals surface area contributed by atoms with Gasteiger partial charge in [-0.3, -0.25) is 9.88 Å². The Kier molecular flexibility index (Phi) is 4.65. The lowest BCUT2D eigenvalue weighted by atomic mass is 10.3. The van der Waals surface area contributed by atoms with Crippen LogP contribution in [0.5, 0.6) is 0 Å². The lowest BCUT2D eigenvalue weighted by Crippen LogP contribution is -2.48. The molecule has 0 saturated carbocycles. The van der Waals surface area contributed by atoms with Gasteiger partial charge in [0.2, 0.25) is 10.0 Å². The molecule has 26 heavy (non-hydrogen) atoms. The minimum absolute atomic E-state index is 0.206. The van der Waals surface area contributed by atoms with Crippen molar-refractivity contribution in [2.45, 2.75) is 11.4 Å². The fourth-order valence-corrected chi connectivity index (χ4v) is 5.16. The molecule has 1 saturated heterocycles. The van der Waals surface area contributed by atoms with Gasteiger partial charge in [0, 0.05) is 32.7 Å². The highest BCUT2D eigenvalue weighted by Gasteiger charge is 2.30. The Morgan fingerprint density at radius 2 is 1.88 bits per heavy atom. The monoisotopic (exact) mass is 393 g/mol. The minimum Gasteiger partial charge on any atom is -0.295 e. The summed E-state index contributed by atoms with van der Waals surface area (Å²) in [6.45, 7) is 2.52. The van der Waals surface area contributed by atoms with Crippen LogP contribution in [-0.4, -0.2) is 57.5 Å². The summed E-state index contributed by atoms with van der Waals surface area (Å²) in [4.78, 5) is 6.37. The van der Waals surface area contributed by atoms with Crippen LogP contribution in [0.3, 0.4) is 0 Å². The van der Waals surface area contributed by atoms with E-state index in [1.54, 1.807) is 24.3 Å². The second kappa shape index (κ2) is 6.95. The van der Waals surface area contributed by atoms with E-state index in [9.17, 15) is 12.8 Å². The maximum atomic E-state index is 13.0. The average Bonchev–Trinajstić information content (AvgIpc) is 3.13. The number of rotatable bonds is 4. The molecule has 1 fully saturated rings. The molecule has 0 atom stereocenters. The van der Waals surface area contributed by atoms with Gasteiger partial charge in [0.05, 0.1) is 23.6 Å². The smallest absolute Gasteiger partial charge is 0.245 e. The normalized spacial score (nSPS) is 17.0. The molecule has 0 amide bonds. The van der Waals surface area contributed by atoms with E-state index in [0.717, 1.165) is 17.4 Å². The standard InChI is InChI=1S/C16H16FN5O2S2/c17-12-4-5-13(18-10-12)11-21-6-8-22(9-7-21)26(23,24)15-3-1-2-14-16(15)20-25-19-14/h1-5,10H,6-9,11H2. The van der Waals surface area contributed by atoms with Gasteiger partial charge in [-0.15, -0.1) is 0 Å². The van der Waals surface area contributed by atoms with Gasteiger partial charge in [-0.1, -0.05) is 6.07 Å². The first-order valence-corrected chi connectivity index (χ1v) is 10.3. The Balaban J connectivity index is 1.47. The lowest BCUT2D eigenvalue weighted by Gasteiger charge is -2.33. The highest BCUT2D eigenvalue weighted by Crippen LogP contribution is 2.25. The molecular weight excluding hydrogens is 377 g/mol. The topological polar surface area (TPSA) is 79.3 Å². The third-order valence-corrected chi connectivity index (χ3v) is 6.85. The molecule has 3 heterocycles. The molecule has 4 rings (SSSR count). The van der Waals surface area contributed by atoms with Crippen LogP contribution in [-0.2, 0) is 16.6 Å². The minimum atomic E-state index is -3.61. The second-order valence-electron chi connectivity index (χ2n) is 6.04. The van der Waals surface area contributed by atoms with Crippen molar-refractivity contribution < 1.29 is 12.8 Å². The zero-order valence-electron chi connectivity index (χ0n) is 13.7. The molecule has 0 bridgehead atoms. The summed E-state index contributed by atoms with van der Waals surface area (Å²) in [5, 5.41) is 0. The van der Waals surface area contributed by atoms with E-state index in [-0.39, 0.29) is 10.7 Å². The number of sulfonamides is 1. The van der Waals surface area contributed by atoms with Crippen molar-refractivity contribution in [1.82, 2.24) is 22.9 Å². The molecule has 0 aliphatic carbocycles. The highest BCUT2D eigenvalue weighted by atomic mass is 32.2. The predicted octanol–water partition coefficient (Wildman–Crippen LogP) is 1.73. The molecule has 7 nitrogen and oxygen atoms in total. The number of nitrogens with zero attached hydrogens (tertiary/aromatic N) is 5. The summed E-state index contributed by atoms with van der Waals surface area (Å²) in [7, 11) is -3.61. The number of hydrogen-bond acceptors (Lipinski definition) is 7. The fourth-order valence-electron chi connectivity index (χ4n) is 2.99. The number of pyridine rings is 1. The van der Waals surface area contributed by atoms with E-state index >= 15 is 0 Å². The number of halogens is 1. The first-order valence-electron chi connectivity index (χ1n) is 8.08. The summed E-state index contributed by atoms with van der Waals surface area (Å²) in [5.41, 5.74) is 1.79. The molecule has 1 aliphatic heterocycles. The van der Waals surface area contributed by atoms with Crippen LogP contribution in [0.15, 0.2) is 41.4 Å². The van der Waals surface area contributed by atoms with Gasteiger partial charge >= 0.3 is 0 Å². The third kappa shape index (κ3) is 3.32. The average molecular weight is 393 g/mol. The second-order valence-corrected chi connectivity index (χ2v) is 8.47. The molecule has 0 spiro atoms. The lowest BCUT2D eigenvalue weighted by molar-refractivity contribution is 0.180. The molecule has 2 aromatic heterocycles. The van der Waals surface area contributed by atoms with Crippen LogP contribution in [0.25, 0.3) is 11.0 Å². The number of hydrogen-bond donors (Lipinski definition) is 0. The van der Waals surface area contributed by atoms with Crippen molar-refractivity contribution in [1.29, 1.82) is 0 Å². The molecule has 3 aromatic rings. The van der Waals surface area contributed by atoms with Crippen LogP contribution in [0.2, 0.25) is 0 Å². The van der Waals surface area contributed by atoms with Crippen molar-refractivity contribution in [2.75, 3.05) is 26.2 Å². The SMILES string of the molecule is O=S(=O)(c1cccc2nsnc12)N1CCN(Cc2ccc(F)cn2)CC1. The van der Waals surface area contributed by atoms with Crippen LogP contribution in [0.1, 0.15) is 5.69 Å².